The summed E-state index contributed by atoms with van der Waals surface area (Å²) in [5.74, 6) is 1.57. The van der Waals surface area contributed by atoms with Crippen molar-refractivity contribution in [1.82, 2.24) is 29.5 Å². The van der Waals surface area contributed by atoms with E-state index in [-0.39, 0.29) is 11.3 Å². The Hall–Kier alpha value is -3.81. The minimum atomic E-state index is -0.273. The summed E-state index contributed by atoms with van der Waals surface area (Å²) in [6, 6.07) is 12.9. The highest BCUT2D eigenvalue weighted by Gasteiger charge is 2.22. The quantitative estimate of drug-likeness (QED) is 0.544. The van der Waals surface area contributed by atoms with Gasteiger partial charge in [-0.15, -0.1) is 0 Å². The van der Waals surface area contributed by atoms with Crippen LogP contribution in [0.2, 0.25) is 0 Å². The van der Waals surface area contributed by atoms with Crippen molar-refractivity contribution in [3.05, 3.63) is 77.5 Å². The predicted octanol–water partition coefficient (Wildman–Crippen LogP) is 4.01. The molecule has 0 saturated heterocycles. The summed E-state index contributed by atoms with van der Waals surface area (Å²) >= 11 is 0. The Morgan fingerprint density at radius 2 is 1.71 bits per heavy atom. The molecule has 1 N–H and O–H groups in total. The molecule has 0 fully saturated rings. The Labute approximate surface area is 181 Å². The highest BCUT2D eigenvalue weighted by atomic mass is 16.1. The van der Waals surface area contributed by atoms with Gasteiger partial charge in [0.1, 0.15) is 5.82 Å². The zero-order chi connectivity index (χ0) is 22.2. The minimum Gasteiger partial charge on any atom is -0.306 e. The molecular weight excluding hydrogens is 390 g/mol. The van der Waals surface area contributed by atoms with Crippen molar-refractivity contribution in [2.45, 2.75) is 40.0 Å². The minimum absolute atomic E-state index is 0.178. The van der Waals surface area contributed by atoms with Gasteiger partial charge < -0.3 is 5.32 Å². The molecule has 0 radical (unpaired) electrons. The van der Waals surface area contributed by atoms with Gasteiger partial charge in [-0.25, -0.2) is 14.6 Å². The number of hydrogen-bond donors (Lipinski definition) is 1. The van der Waals surface area contributed by atoms with E-state index < -0.39 is 0 Å². The third kappa shape index (κ3) is 4.23. The Kier molecular flexibility index (Phi) is 5.14. The van der Waals surface area contributed by atoms with E-state index in [2.05, 4.69) is 46.3 Å². The first-order valence-electron chi connectivity index (χ1n) is 10.1. The fourth-order valence-corrected chi connectivity index (χ4v) is 3.19. The van der Waals surface area contributed by atoms with E-state index in [1.165, 1.54) is 0 Å². The van der Waals surface area contributed by atoms with Gasteiger partial charge in [0, 0.05) is 29.6 Å². The number of nitrogens with one attached hydrogen (secondary N) is 1. The first-order valence-corrected chi connectivity index (χ1v) is 10.1. The van der Waals surface area contributed by atoms with Crippen molar-refractivity contribution in [1.29, 1.82) is 0 Å². The summed E-state index contributed by atoms with van der Waals surface area (Å²) in [4.78, 5) is 21.7. The molecular formula is C23H25N7O. The van der Waals surface area contributed by atoms with E-state index in [4.69, 9.17) is 0 Å². The molecule has 31 heavy (non-hydrogen) atoms. The van der Waals surface area contributed by atoms with Crippen molar-refractivity contribution in [2.75, 3.05) is 5.32 Å². The van der Waals surface area contributed by atoms with Crippen LogP contribution in [0.3, 0.4) is 0 Å². The lowest BCUT2D eigenvalue weighted by Gasteiger charge is -2.13. The second kappa shape index (κ2) is 7.79. The van der Waals surface area contributed by atoms with Crippen molar-refractivity contribution < 1.29 is 4.79 Å². The predicted molar refractivity (Wildman–Crippen MR) is 119 cm³/mol. The van der Waals surface area contributed by atoms with E-state index in [0.717, 1.165) is 17.1 Å². The van der Waals surface area contributed by atoms with E-state index in [1.54, 1.807) is 33.9 Å². The van der Waals surface area contributed by atoms with Gasteiger partial charge in [0.05, 0.1) is 17.0 Å². The molecule has 8 heteroatoms. The summed E-state index contributed by atoms with van der Waals surface area (Å²) < 4.78 is 3.40. The van der Waals surface area contributed by atoms with Crippen LogP contribution in [0, 0.1) is 13.8 Å². The van der Waals surface area contributed by atoms with Crippen LogP contribution in [0.25, 0.3) is 11.6 Å². The fourth-order valence-electron chi connectivity index (χ4n) is 3.19. The van der Waals surface area contributed by atoms with Crippen LogP contribution in [0.15, 0.2) is 54.9 Å². The first kappa shape index (κ1) is 20.5. The van der Waals surface area contributed by atoms with Crippen LogP contribution in [0.1, 0.15) is 48.2 Å². The largest absolute Gasteiger partial charge is 0.306 e. The van der Waals surface area contributed by atoms with Gasteiger partial charge in [-0.05, 0) is 44.2 Å². The number of amides is 1. The summed E-state index contributed by atoms with van der Waals surface area (Å²) in [5, 5.41) is 12.1. The maximum absolute atomic E-state index is 12.9. The molecule has 4 heterocycles. The van der Waals surface area contributed by atoms with Gasteiger partial charge in [-0.1, -0.05) is 26.8 Å². The molecule has 0 spiro atoms. The molecule has 8 nitrogen and oxygen atoms in total. The highest BCUT2D eigenvalue weighted by molar-refractivity contribution is 6.03. The van der Waals surface area contributed by atoms with E-state index in [9.17, 15) is 4.79 Å². The van der Waals surface area contributed by atoms with Gasteiger partial charge in [-0.3, -0.25) is 4.79 Å². The Balaban J connectivity index is 1.62. The lowest BCUT2D eigenvalue weighted by molar-refractivity contribution is 0.102. The second-order valence-electron chi connectivity index (χ2n) is 8.46. The molecule has 4 aromatic rings. The van der Waals surface area contributed by atoms with Crippen molar-refractivity contribution in [3.8, 4) is 11.6 Å². The number of rotatable bonds is 4. The summed E-state index contributed by atoms with van der Waals surface area (Å²) in [6.45, 7) is 10.1. The van der Waals surface area contributed by atoms with Gasteiger partial charge in [0.25, 0.3) is 5.91 Å². The van der Waals surface area contributed by atoms with Crippen LogP contribution in [-0.2, 0) is 5.41 Å². The number of aryl methyl sites for hydroxylation is 2. The van der Waals surface area contributed by atoms with E-state index in [0.29, 0.717) is 23.0 Å². The molecule has 1 amide bonds. The van der Waals surface area contributed by atoms with Crippen LogP contribution in [0.4, 0.5) is 5.82 Å². The number of anilines is 1. The Morgan fingerprint density at radius 3 is 2.29 bits per heavy atom. The smallest absolute Gasteiger partial charge is 0.258 e. The summed E-state index contributed by atoms with van der Waals surface area (Å²) in [5.41, 5.74) is 3.01. The van der Waals surface area contributed by atoms with Crippen LogP contribution >= 0.6 is 0 Å². The molecule has 0 aliphatic heterocycles. The normalized spacial score (nSPS) is 11.5. The SMILES string of the molecule is Cc1cc(C)n(-c2ccc(C(=O)Nc3cc(C(C)(C)C)nn3-c3ccccn3)cn2)n1. The third-order valence-electron chi connectivity index (χ3n) is 4.82. The summed E-state index contributed by atoms with van der Waals surface area (Å²) in [6.07, 6.45) is 3.24. The second-order valence-corrected chi connectivity index (χ2v) is 8.46. The van der Waals surface area contributed by atoms with E-state index in [1.807, 2.05) is 44.2 Å². The molecule has 0 aliphatic carbocycles. The van der Waals surface area contributed by atoms with Gasteiger partial charge in [0.2, 0.25) is 0 Å². The van der Waals surface area contributed by atoms with E-state index >= 15 is 0 Å². The molecule has 158 valence electrons. The standard InChI is InChI=1S/C23H25N7O/c1-15-12-16(2)29(27-15)20-10-9-17(14-25-20)22(31)26-21-13-18(23(3,4)5)28-30(21)19-8-6-7-11-24-19/h6-14H,1-5H3,(H,26,31). The number of aromatic nitrogens is 6. The third-order valence-corrected chi connectivity index (χ3v) is 4.82. The fraction of sp³-hybridized carbons (Fsp3) is 0.261. The molecule has 0 aliphatic rings. The van der Waals surface area contributed by atoms with Crippen LogP contribution in [0.5, 0.6) is 0 Å². The highest BCUT2D eigenvalue weighted by Crippen LogP contribution is 2.26. The van der Waals surface area contributed by atoms with Gasteiger partial charge in [0.15, 0.2) is 11.6 Å². The number of hydrogen-bond acceptors (Lipinski definition) is 5. The van der Waals surface area contributed by atoms with Gasteiger partial charge in [-0.2, -0.15) is 14.9 Å². The topological polar surface area (TPSA) is 90.5 Å². The van der Waals surface area contributed by atoms with Crippen molar-refractivity contribution in [3.63, 3.8) is 0 Å². The average Bonchev–Trinajstić information content (AvgIpc) is 3.31. The Morgan fingerprint density at radius 1 is 0.935 bits per heavy atom. The first-order chi connectivity index (χ1) is 14.7. The zero-order valence-corrected chi connectivity index (χ0v) is 18.3. The zero-order valence-electron chi connectivity index (χ0n) is 18.3. The van der Waals surface area contributed by atoms with Crippen molar-refractivity contribution in [2.24, 2.45) is 0 Å². The molecule has 0 aromatic carbocycles. The maximum atomic E-state index is 12.9. The molecule has 0 atom stereocenters. The van der Waals surface area contributed by atoms with Gasteiger partial charge >= 0.3 is 0 Å². The maximum Gasteiger partial charge on any atom is 0.258 e. The number of pyridine rings is 2. The number of carbonyl (C=O) groups excluding carboxylic acids is 1. The Bertz CT molecular complexity index is 1220. The molecule has 0 unspecified atom stereocenters. The lowest BCUT2D eigenvalue weighted by Crippen LogP contribution is -2.16. The molecule has 0 bridgehead atoms. The monoisotopic (exact) mass is 415 g/mol. The number of nitrogens with zero attached hydrogens (tertiary/aromatic N) is 6. The molecule has 4 aromatic heterocycles. The number of carbonyl (C=O) groups is 1. The molecule has 4 rings (SSSR count). The average molecular weight is 416 g/mol. The van der Waals surface area contributed by atoms with Crippen molar-refractivity contribution >= 4 is 11.7 Å². The van der Waals surface area contributed by atoms with Crippen LogP contribution in [-0.4, -0.2) is 35.4 Å². The lowest BCUT2D eigenvalue weighted by atomic mass is 9.92. The van der Waals surface area contributed by atoms with Crippen LogP contribution < -0.4 is 5.32 Å². The molecule has 0 saturated carbocycles. The summed E-state index contributed by atoms with van der Waals surface area (Å²) in [7, 11) is 0.